The van der Waals surface area contributed by atoms with Crippen LogP contribution in [0.15, 0.2) is 48.5 Å². The molecular weight excluding hydrogens is 400 g/mol. The second-order valence-corrected chi connectivity index (χ2v) is 9.80. The van der Waals surface area contributed by atoms with Crippen LogP contribution >= 0.6 is 0 Å². The van der Waals surface area contributed by atoms with Crippen LogP contribution in [0, 0.1) is 17.0 Å². The van der Waals surface area contributed by atoms with Crippen molar-refractivity contribution >= 4 is 6.09 Å². The zero-order valence-corrected chi connectivity index (χ0v) is 18.2. The molecule has 1 saturated carbocycles. The predicted octanol–water partition coefficient (Wildman–Crippen LogP) is 5.86. The van der Waals surface area contributed by atoms with E-state index in [1.807, 2.05) is 20.8 Å². The van der Waals surface area contributed by atoms with Gasteiger partial charge in [0.2, 0.25) is 0 Å². The summed E-state index contributed by atoms with van der Waals surface area (Å²) in [4.78, 5) is 14.2. The molecule has 1 heterocycles. The molecule has 4 rings (SSSR count). The van der Waals surface area contributed by atoms with Gasteiger partial charge in [0.15, 0.2) is 0 Å². The second-order valence-electron chi connectivity index (χ2n) is 9.80. The summed E-state index contributed by atoms with van der Waals surface area (Å²) in [7, 11) is 0. The zero-order chi connectivity index (χ0) is 22.2. The molecule has 6 heteroatoms. The molecule has 1 saturated heterocycles. The summed E-state index contributed by atoms with van der Waals surface area (Å²) < 4.78 is 38.8. The van der Waals surface area contributed by atoms with Crippen LogP contribution in [0.25, 0.3) is 0 Å². The second kappa shape index (κ2) is 8.23. The highest BCUT2D eigenvalue weighted by Gasteiger charge is 2.51. The third-order valence-electron chi connectivity index (χ3n) is 6.09. The number of carbonyl (C=O) groups is 1. The van der Waals surface area contributed by atoms with Crippen LogP contribution < -0.4 is 0 Å². The Morgan fingerprint density at radius 2 is 1.52 bits per heavy atom. The van der Waals surface area contributed by atoms with E-state index in [1.54, 1.807) is 29.2 Å². The summed E-state index contributed by atoms with van der Waals surface area (Å²) in [5.41, 5.74) is 1.22. The molecule has 2 aliphatic rings. The molecular formula is C25H29F2NO3. The SMILES string of the molecule is CC(C)(C)OC(=O)N1CCC2(CC(OC(c3ccc(F)cc3)c3ccc(F)cc3)C2)C1. The van der Waals surface area contributed by atoms with Crippen LogP contribution in [0.4, 0.5) is 13.6 Å². The molecule has 2 aromatic rings. The minimum Gasteiger partial charge on any atom is -0.444 e. The Hall–Kier alpha value is -2.47. The standard InChI is InChI=1S/C25H29F2NO3/c1-24(2,3)31-23(29)28-13-12-25(16-28)14-21(15-25)30-22(17-4-8-19(26)9-5-17)18-6-10-20(27)11-7-18/h4-11,21-22H,12-16H2,1-3H3. The van der Waals surface area contributed by atoms with Crippen molar-refractivity contribution in [3.8, 4) is 0 Å². The molecule has 0 bridgehead atoms. The van der Waals surface area contributed by atoms with E-state index < -0.39 is 11.7 Å². The summed E-state index contributed by atoms with van der Waals surface area (Å²) in [6.45, 7) is 6.99. The molecule has 166 valence electrons. The van der Waals surface area contributed by atoms with Gasteiger partial charge in [-0.25, -0.2) is 13.6 Å². The fourth-order valence-electron chi connectivity index (χ4n) is 4.57. The van der Waals surface area contributed by atoms with E-state index in [0.717, 1.165) is 30.4 Å². The fourth-order valence-corrected chi connectivity index (χ4v) is 4.57. The Labute approximate surface area is 182 Å². The predicted molar refractivity (Wildman–Crippen MR) is 114 cm³/mol. The van der Waals surface area contributed by atoms with Crippen molar-refractivity contribution in [2.75, 3.05) is 13.1 Å². The lowest BCUT2D eigenvalue weighted by atomic mass is 9.66. The number of likely N-dealkylation sites (tertiary alicyclic amines) is 1. The number of rotatable bonds is 4. The first-order valence-corrected chi connectivity index (χ1v) is 10.8. The van der Waals surface area contributed by atoms with E-state index >= 15 is 0 Å². The largest absolute Gasteiger partial charge is 0.444 e. The summed E-state index contributed by atoms with van der Waals surface area (Å²) in [5, 5.41) is 0. The molecule has 1 aliphatic heterocycles. The molecule has 0 atom stereocenters. The van der Waals surface area contributed by atoms with Gasteiger partial charge in [0.05, 0.1) is 6.10 Å². The maximum atomic E-state index is 13.4. The van der Waals surface area contributed by atoms with Gasteiger partial charge in [0, 0.05) is 13.1 Å². The number of benzene rings is 2. The average molecular weight is 430 g/mol. The van der Waals surface area contributed by atoms with Crippen molar-refractivity contribution < 1.29 is 23.0 Å². The van der Waals surface area contributed by atoms with Gasteiger partial charge in [-0.3, -0.25) is 0 Å². The molecule has 1 spiro atoms. The molecule has 1 amide bonds. The highest BCUT2D eigenvalue weighted by atomic mass is 19.1. The van der Waals surface area contributed by atoms with Gasteiger partial charge >= 0.3 is 6.09 Å². The number of hydrogen-bond acceptors (Lipinski definition) is 3. The van der Waals surface area contributed by atoms with E-state index in [4.69, 9.17) is 9.47 Å². The minimum absolute atomic E-state index is 0.0266. The van der Waals surface area contributed by atoms with Crippen molar-refractivity contribution in [3.63, 3.8) is 0 Å². The molecule has 2 fully saturated rings. The van der Waals surface area contributed by atoms with Gasteiger partial charge in [-0.15, -0.1) is 0 Å². The average Bonchev–Trinajstić information content (AvgIpc) is 3.12. The van der Waals surface area contributed by atoms with E-state index in [2.05, 4.69) is 0 Å². The molecule has 31 heavy (non-hydrogen) atoms. The summed E-state index contributed by atoms with van der Waals surface area (Å²) in [6, 6.07) is 12.5. The fraction of sp³-hybridized carbons (Fsp3) is 0.480. The van der Waals surface area contributed by atoms with Gasteiger partial charge in [-0.1, -0.05) is 24.3 Å². The molecule has 0 N–H and O–H groups in total. The van der Waals surface area contributed by atoms with E-state index in [-0.39, 0.29) is 29.2 Å². The molecule has 0 aromatic heterocycles. The summed E-state index contributed by atoms with van der Waals surface area (Å²) in [6.07, 6.45) is 2.01. The van der Waals surface area contributed by atoms with Crippen LogP contribution in [0.5, 0.6) is 0 Å². The normalized spacial score (nSPS) is 23.3. The Bertz CT molecular complexity index is 870. The number of amides is 1. The van der Waals surface area contributed by atoms with Crippen LogP contribution in [0.3, 0.4) is 0 Å². The van der Waals surface area contributed by atoms with E-state index in [9.17, 15) is 13.6 Å². The van der Waals surface area contributed by atoms with Crippen molar-refractivity contribution in [1.82, 2.24) is 4.90 Å². The molecule has 0 radical (unpaired) electrons. The number of hydrogen-bond donors (Lipinski definition) is 0. The van der Waals surface area contributed by atoms with Crippen molar-refractivity contribution in [2.24, 2.45) is 5.41 Å². The van der Waals surface area contributed by atoms with Gasteiger partial charge in [-0.05, 0) is 80.8 Å². The van der Waals surface area contributed by atoms with Crippen molar-refractivity contribution in [3.05, 3.63) is 71.3 Å². The third-order valence-corrected chi connectivity index (χ3v) is 6.09. The highest BCUT2D eigenvalue weighted by molar-refractivity contribution is 5.68. The minimum atomic E-state index is -0.504. The first kappa shape index (κ1) is 21.8. The first-order valence-electron chi connectivity index (χ1n) is 10.8. The zero-order valence-electron chi connectivity index (χ0n) is 18.2. The maximum Gasteiger partial charge on any atom is 0.410 e. The molecule has 4 nitrogen and oxygen atoms in total. The molecule has 2 aromatic carbocycles. The van der Waals surface area contributed by atoms with Gasteiger partial charge in [0.1, 0.15) is 23.3 Å². The van der Waals surface area contributed by atoms with E-state index in [1.165, 1.54) is 24.3 Å². The number of carbonyl (C=O) groups excluding carboxylic acids is 1. The number of nitrogens with zero attached hydrogens (tertiary/aromatic N) is 1. The monoisotopic (exact) mass is 429 g/mol. The Morgan fingerprint density at radius 3 is 2.00 bits per heavy atom. The lowest BCUT2D eigenvalue weighted by molar-refractivity contribution is -0.101. The Balaban J connectivity index is 1.41. The van der Waals surface area contributed by atoms with Crippen LogP contribution in [0.1, 0.15) is 57.3 Å². The summed E-state index contributed by atoms with van der Waals surface area (Å²) in [5.74, 6) is -0.616. The smallest absolute Gasteiger partial charge is 0.410 e. The highest BCUT2D eigenvalue weighted by Crippen LogP contribution is 2.51. The third kappa shape index (κ3) is 5.06. The van der Waals surface area contributed by atoms with Crippen molar-refractivity contribution in [2.45, 2.75) is 57.8 Å². The van der Waals surface area contributed by atoms with Gasteiger partial charge in [0.25, 0.3) is 0 Å². The molecule has 1 aliphatic carbocycles. The quantitative estimate of drug-likeness (QED) is 0.611. The van der Waals surface area contributed by atoms with Crippen molar-refractivity contribution in [1.29, 1.82) is 0 Å². The molecule has 0 unspecified atom stereocenters. The summed E-state index contributed by atoms with van der Waals surface area (Å²) >= 11 is 0. The Kier molecular flexibility index (Phi) is 5.77. The number of halogens is 2. The lowest BCUT2D eigenvalue weighted by Gasteiger charge is -2.46. The Morgan fingerprint density at radius 1 is 1.00 bits per heavy atom. The van der Waals surface area contributed by atoms with Crippen LogP contribution in [0.2, 0.25) is 0 Å². The lowest BCUT2D eigenvalue weighted by Crippen LogP contribution is -2.46. The topological polar surface area (TPSA) is 38.8 Å². The van der Waals surface area contributed by atoms with E-state index in [0.29, 0.717) is 13.1 Å². The van der Waals surface area contributed by atoms with Gasteiger partial charge < -0.3 is 14.4 Å². The van der Waals surface area contributed by atoms with Gasteiger partial charge in [-0.2, -0.15) is 0 Å². The number of ether oxygens (including phenoxy) is 2. The first-order chi connectivity index (χ1) is 14.6. The van der Waals surface area contributed by atoms with Crippen LogP contribution in [-0.2, 0) is 9.47 Å². The maximum absolute atomic E-state index is 13.4. The van der Waals surface area contributed by atoms with Crippen LogP contribution in [-0.4, -0.2) is 35.8 Å².